The zero-order chi connectivity index (χ0) is 17.1. The van der Waals surface area contributed by atoms with E-state index in [2.05, 4.69) is 27.7 Å². The van der Waals surface area contributed by atoms with E-state index in [9.17, 15) is 0 Å². The SMILES string of the molecule is COCCOCCOCCOCCCC1=C(C)C(C)=C(C)C1C. The molecule has 0 aromatic heterocycles. The fraction of sp³-hybridized carbons (Fsp3) is 0.789. The van der Waals surface area contributed by atoms with Crippen LogP contribution < -0.4 is 0 Å². The van der Waals surface area contributed by atoms with E-state index < -0.39 is 0 Å². The molecular weight excluding hydrogens is 292 g/mol. The molecule has 1 aliphatic carbocycles. The van der Waals surface area contributed by atoms with E-state index in [4.69, 9.17) is 18.9 Å². The topological polar surface area (TPSA) is 36.9 Å². The van der Waals surface area contributed by atoms with Crippen molar-refractivity contribution in [2.24, 2.45) is 5.92 Å². The summed E-state index contributed by atoms with van der Waals surface area (Å²) in [4.78, 5) is 0. The molecule has 0 heterocycles. The summed E-state index contributed by atoms with van der Waals surface area (Å²) in [6, 6.07) is 0. The minimum atomic E-state index is 0.608. The highest BCUT2D eigenvalue weighted by molar-refractivity contribution is 5.46. The van der Waals surface area contributed by atoms with Gasteiger partial charge in [0.2, 0.25) is 0 Å². The summed E-state index contributed by atoms with van der Waals surface area (Å²) >= 11 is 0. The van der Waals surface area contributed by atoms with Crippen LogP contribution in [0.2, 0.25) is 0 Å². The minimum Gasteiger partial charge on any atom is -0.382 e. The molecule has 0 saturated carbocycles. The van der Waals surface area contributed by atoms with Crippen LogP contribution in [-0.4, -0.2) is 53.4 Å². The third-order valence-corrected chi connectivity index (χ3v) is 4.72. The number of allylic oxidation sites excluding steroid dienone is 4. The van der Waals surface area contributed by atoms with E-state index in [0.717, 1.165) is 19.4 Å². The summed E-state index contributed by atoms with van der Waals surface area (Å²) in [5.41, 5.74) is 6.09. The number of rotatable bonds is 13. The first-order chi connectivity index (χ1) is 11.1. The number of ether oxygens (including phenoxy) is 4. The van der Waals surface area contributed by atoms with Crippen LogP contribution in [0, 0.1) is 5.92 Å². The van der Waals surface area contributed by atoms with Crippen molar-refractivity contribution in [3.05, 3.63) is 22.3 Å². The molecular formula is C19H34O4. The number of hydrogen-bond donors (Lipinski definition) is 0. The second kappa shape index (κ2) is 11.8. The second-order valence-electron chi connectivity index (χ2n) is 6.11. The van der Waals surface area contributed by atoms with Gasteiger partial charge in [-0.25, -0.2) is 0 Å². The fourth-order valence-electron chi connectivity index (χ4n) is 2.90. The Labute approximate surface area is 141 Å². The Hall–Kier alpha value is -0.680. The number of methoxy groups -OCH3 is 1. The van der Waals surface area contributed by atoms with Crippen LogP contribution in [-0.2, 0) is 18.9 Å². The van der Waals surface area contributed by atoms with Gasteiger partial charge in [0.25, 0.3) is 0 Å². The molecule has 1 atom stereocenters. The van der Waals surface area contributed by atoms with Crippen molar-refractivity contribution in [1.82, 2.24) is 0 Å². The van der Waals surface area contributed by atoms with Gasteiger partial charge in [0.1, 0.15) is 0 Å². The average molecular weight is 326 g/mol. The average Bonchev–Trinajstić information content (AvgIpc) is 2.73. The van der Waals surface area contributed by atoms with Crippen LogP contribution in [0.25, 0.3) is 0 Å². The van der Waals surface area contributed by atoms with Crippen LogP contribution in [0.4, 0.5) is 0 Å². The molecule has 4 heteroatoms. The van der Waals surface area contributed by atoms with Crippen molar-refractivity contribution >= 4 is 0 Å². The van der Waals surface area contributed by atoms with Crippen LogP contribution in [0.15, 0.2) is 22.3 Å². The maximum Gasteiger partial charge on any atom is 0.0701 e. The van der Waals surface area contributed by atoms with Crippen molar-refractivity contribution in [3.8, 4) is 0 Å². The first kappa shape index (κ1) is 20.4. The molecule has 0 aromatic rings. The van der Waals surface area contributed by atoms with E-state index in [1.807, 2.05) is 0 Å². The predicted octanol–water partition coefficient (Wildman–Crippen LogP) is 3.77. The molecule has 0 bridgehead atoms. The molecule has 0 aromatic carbocycles. The Bertz CT molecular complexity index is 398. The summed E-state index contributed by atoms with van der Waals surface area (Å²) in [6.45, 7) is 13.6. The summed E-state index contributed by atoms with van der Waals surface area (Å²) < 4.78 is 21.3. The number of hydrogen-bond acceptors (Lipinski definition) is 4. The normalized spacial score (nSPS) is 18.4. The minimum absolute atomic E-state index is 0.608. The molecule has 1 rings (SSSR count). The van der Waals surface area contributed by atoms with E-state index in [0.29, 0.717) is 45.6 Å². The van der Waals surface area contributed by atoms with Gasteiger partial charge in [-0.05, 0) is 50.7 Å². The lowest BCUT2D eigenvalue weighted by molar-refractivity contribution is 0.00342. The Morgan fingerprint density at radius 3 is 1.74 bits per heavy atom. The first-order valence-corrected chi connectivity index (χ1v) is 8.69. The van der Waals surface area contributed by atoms with E-state index in [1.165, 1.54) is 16.7 Å². The zero-order valence-corrected chi connectivity index (χ0v) is 15.6. The molecule has 0 fully saturated rings. The molecule has 4 nitrogen and oxygen atoms in total. The van der Waals surface area contributed by atoms with Gasteiger partial charge >= 0.3 is 0 Å². The van der Waals surface area contributed by atoms with Crippen LogP contribution in [0.1, 0.15) is 40.5 Å². The van der Waals surface area contributed by atoms with Gasteiger partial charge in [0.15, 0.2) is 0 Å². The van der Waals surface area contributed by atoms with Crippen molar-refractivity contribution < 1.29 is 18.9 Å². The Morgan fingerprint density at radius 1 is 0.739 bits per heavy atom. The van der Waals surface area contributed by atoms with Gasteiger partial charge in [0.05, 0.1) is 39.6 Å². The van der Waals surface area contributed by atoms with Gasteiger partial charge in [-0.15, -0.1) is 0 Å². The lowest BCUT2D eigenvalue weighted by Gasteiger charge is -2.13. The van der Waals surface area contributed by atoms with E-state index in [1.54, 1.807) is 12.7 Å². The van der Waals surface area contributed by atoms with Gasteiger partial charge < -0.3 is 18.9 Å². The molecule has 0 spiro atoms. The van der Waals surface area contributed by atoms with Crippen molar-refractivity contribution in [2.45, 2.75) is 40.5 Å². The maximum atomic E-state index is 5.64. The lowest BCUT2D eigenvalue weighted by Crippen LogP contribution is -2.11. The molecule has 1 aliphatic rings. The van der Waals surface area contributed by atoms with Crippen molar-refractivity contribution in [1.29, 1.82) is 0 Å². The highest BCUT2D eigenvalue weighted by atomic mass is 16.6. The molecule has 23 heavy (non-hydrogen) atoms. The van der Waals surface area contributed by atoms with Crippen LogP contribution >= 0.6 is 0 Å². The Kier molecular flexibility index (Phi) is 10.4. The first-order valence-electron chi connectivity index (χ1n) is 8.69. The highest BCUT2D eigenvalue weighted by Gasteiger charge is 2.22. The standard InChI is InChI=1S/C19H34O4/c1-15-16(2)18(4)19(17(15)3)7-6-8-21-11-12-23-14-13-22-10-9-20-5/h17H,6-14H2,1-5H3. The third kappa shape index (κ3) is 7.17. The highest BCUT2D eigenvalue weighted by Crippen LogP contribution is 2.38. The largest absolute Gasteiger partial charge is 0.382 e. The molecule has 1 unspecified atom stereocenters. The smallest absolute Gasteiger partial charge is 0.0701 e. The second-order valence-corrected chi connectivity index (χ2v) is 6.11. The van der Waals surface area contributed by atoms with Crippen LogP contribution in [0.3, 0.4) is 0 Å². The molecule has 0 N–H and O–H groups in total. The summed E-state index contributed by atoms with van der Waals surface area (Å²) in [7, 11) is 1.67. The Morgan fingerprint density at radius 2 is 1.26 bits per heavy atom. The predicted molar refractivity (Wildman–Crippen MR) is 93.8 cm³/mol. The van der Waals surface area contributed by atoms with Gasteiger partial charge in [-0.3, -0.25) is 0 Å². The van der Waals surface area contributed by atoms with Gasteiger partial charge in [-0.2, -0.15) is 0 Å². The monoisotopic (exact) mass is 326 g/mol. The summed E-state index contributed by atoms with van der Waals surface area (Å²) in [5.74, 6) is 0.608. The van der Waals surface area contributed by atoms with Gasteiger partial charge in [-0.1, -0.05) is 18.1 Å². The molecule has 134 valence electrons. The third-order valence-electron chi connectivity index (χ3n) is 4.72. The molecule has 0 saturated heterocycles. The summed E-state index contributed by atoms with van der Waals surface area (Å²) in [5, 5.41) is 0. The quantitative estimate of drug-likeness (QED) is 0.483. The molecule has 0 radical (unpaired) electrons. The fourth-order valence-corrected chi connectivity index (χ4v) is 2.90. The molecule has 0 aliphatic heterocycles. The summed E-state index contributed by atoms with van der Waals surface area (Å²) in [6.07, 6.45) is 2.22. The Balaban J connectivity index is 1.95. The van der Waals surface area contributed by atoms with Gasteiger partial charge in [0, 0.05) is 13.7 Å². The van der Waals surface area contributed by atoms with Crippen molar-refractivity contribution in [3.63, 3.8) is 0 Å². The van der Waals surface area contributed by atoms with E-state index >= 15 is 0 Å². The maximum absolute atomic E-state index is 5.64. The van der Waals surface area contributed by atoms with E-state index in [-0.39, 0.29) is 0 Å². The molecule has 0 amide bonds. The van der Waals surface area contributed by atoms with Crippen molar-refractivity contribution in [2.75, 3.05) is 53.4 Å². The zero-order valence-electron chi connectivity index (χ0n) is 15.6. The van der Waals surface area contributed by atoms with Crippen LogP contribution in [0.5, 0.6) is 0 Å². The lowest BCUT2D eigenvalue weighted by atomic mass is 9.94.